The Labute approximate surface area is 187 Å². The van der Waals surface area contributed by atoms with E-state index in [0.29, 0.717) is 11.6 Å². The van der Waals surface area contributed by atoms with Crippen molar-refractivity contribution in [1.29, 1.82) is 0 Å². The standard InChI is InChI=1S/C22H21F3N6O2/c1-12-3-4-13(19-28-21(33-29-19)14-10-30(2)11-14)7-16(12)27-20(32)17-9-26-18-8-15(22(23,24)25)5-6-31(17)18/h3-9,14,19,29H,10-11H2,1-2H3,(H,27,32). The van der Waals surface area contributed by atoms with Crippen LogP contribution >= 0.6 is 0 Å². The van der Waals surface area contributed by atoms with E-state index in [1.807, 2.05) is 26.1 Å². The van der Waals surface area contributed by atoms with Crippen LogP contribution in [0, 0.1) is 12.8 Å². The van der Waals surface area contributed by atoms with E-state index in [0.717, 1.165) is 36.3 Å². The van der Waals surface area contributed by atoms with Crippen LogP contribution in [0.2, 0.25) is 0 Å². The summed E-state index contributed by atoms with van der Waals surface area (Å²) in [4.78, 5) is 29.2. The summed E-state index contributed by atoms with van der Waals surface area (Å²) in [6.07, 6.45) is -2.43. The van der Waals surface area contributed by atoms with Gasteiger partial charge in [0.15, 0.2) is 6.17 Å². The zero-order chi connectivity index (χ0) is 23.3. The van der Waals surface area contributed by atoms with E-state index in [-0.39, 0.29) is 17.3 Å². The Bertz CT molecular complexity index is 1260. The number of fused-ring (bicyclic) bond motifs is 1. The Kier molecular flexibility index (Phi) is 5.09. The van der Waals surface area contributed by atoms with E-state index >= 15 is 0 Å². The number of alkyl halides is 3. The fraction of sp³-hybridized carbons (Fsp3) is 0.318. The lowest BCUT2D eigenvalue weighted by molar-refractivity contribution is -0.137. The molecule has 0 bridgehead atoms. The number of hydroxylamine groups is 1. The van der Waals surface area contributed by atoms with E-state index in [9.17, 15) is 18.0 Å². The summed E-state index contributed by atoms with van der Waals surface area (Å²) in [5.41, 5.74) is 4.45. The first-order valence-corrected chi connectivity index (χ1v) is 10.3. The predicted molar refractivity (Wildman–Crippen MR) is 115 cm³/mol. The number of aryl methyl sites for hydroxylation is 1. The van der Waals surface area contributed by atoms with Crippen LogP contribution in [0.3, 0.4) is 0 Å². The number of carbonyl (C=O) groups is 1. The number of aliphatic imine (C=N–C) groups is 1. The number of aromatic nitrogens is 2. The summed E-state index contributed by atoms with van der Waals surface area (Å²) in [7, 11) is 2.03. The predicted octanol–water partition coefficient (Wildman–Crippen LogP) is 3.41. The molecule has 4 heterocycles. The fourth-order valence-electron chi connectivity index (χ4n) is 3.94. The van der Waals surface area contributed by atoms with Crippen LogP contribution in [-0.4, -0.2) is 46.2 Å². The molecule has 11 heteroatoms. The van der Waals surface area contributed by atoms with Crippen molar-refractivity contribution in [3.05, 3.63) is 65.1 Å². The van der Waals surface area contributed by atoms with Crippen molar-refractivity contribution in [3.63, 3.8) is 0 Å². The normalized spacial score (nSPS) is 19.3. The molecule has 33 heavy (non-hydrogen) atoms. The summed E-state index contributed by atoms with van der Waals surface area (Å²) >= 11 is 0. The zero-order valence-corrected chi connectivity index (χ0v) is 17.8. The minimum Gasteiger partial charge on any atom is -0.391 e. The third-order valence-corrected chi connectivity index (χ3v) is 5.84. The molecule has 0 radical (unpaired) electrons. The molecule has 1 unspecified atom stereocenters. The highest BCUT2D eigenvalue weighted by Crippen LogP contribution is 2.30. The average molecular weight is 458 g/mol. The topological polar surface area (TPSA) is 83.3 Å². The number of hydrogen-bond acceptors (Lipinski definition) is 6. The first kappa shape index (κ1) is 21.4. The van der Waals surface area contributed by atoms with Crippen LogP contribution in [0.4, 0.5) is 18.9 Å². The zero-order valence-electron chi connectivity index (χ0n) is 17.8. The van der Waals surface area contributed by atoms with E-state index in [1.54, 1.807) is 6.07 Å². The van der Waals surface area contributed by atoms with Gasteiger partial charge in [-0.3, -0.25) is 9.20 Å². The summed E-state index contributed by atoms with van der Waals surface area (Å²) in [5, 5.41) is 2.83. The number of rotatable bonds is 4. The molecule has 2 aliphatic rings. The molecular weight excluding hydrogens is 437 g/mol. The Balaban J connectivity index is 1.36. The van der Waals surface area contributed by atoms with Gasteiger partial charge >= 0.3 is 6.18 Å². The highest BCUT2D eigenvalue weighted by molar-refractivity contribution is 6.04. The lowest BCUT2D eigenvalue weighted by atomic mass is 10.0. The number of amides is 1. The molecular formula is C22H21F3N6O2. The average Bonchev–Trinajstić information content (AvgIpc) is 3.39. The van der Waals surface area contributed by atoms with Gasteiger partial charge in [-0.05, 0) is 43.3 Å². The maximum absolute atomic E-state index is 12.9. The van der Waals surface area contributed by atoms with Crippen LogP contribution in [0.15, 0.2) is 47.7 Å². The van der Waals surface area contributed by atoms with Crippen LogP contribution in [0.25, 0.3) is 5.65 Å². The van der Waals surface area contributed by atoms with Crippen molar-refractivity contribution in [2.45, 2.75) is 19.3 Å². The molecule has 1 atom stereocenters. The van der Waals surface area contributed by atoms with Gasteiger partial charge in [0.2, 0.25) is 5.90 Å². The third kappa shape index (κ3) is 4.05. The van der Waals surface area contributed by atoms with E-state index in [1.165, 1.54) is 16.8 Å². The third-order valence-electron chi connectivity index (χ3n) is 5.84. The quantitative estimate of drug-likeness (QED) is 0.626. The molecule has 1 aromatic carbocycles. The van der Waals surface area contributed by atoms with Crippen molar-refractivity contribution in [1.82, 2.24) is 19.8 Å². The van der Waals surface area contributed by atoms with Gasteiger partial charge < -0.3 is 15.1 Å². The number of nitrogens with one attached hydrogen (secondary N) is 2. The van der Waals surface area contributed by atoms with Gasteiger partial charge in [-0.2, -0.15) is 13.2 Å². The number of imidazole rings is 1. The van der Waals surface area contributed by atoms with Crippen molar-refractivity contribution in [2.24, 2.45) is 10.9 Å². The largest absolute Gasteiger partial charge is 0.416 e. The van der Waals surface area contributed by atoms with E-state index in [4.69, 9.17) is 4.84 Å². The van der Waals surface area contributed by atoms with Gasteiger partial charge in [-0.1, -0.05) is 12.1 Å². The second kappa shape index (κ2) is 7.85. The number of pyridine rings is 1. The van der Waals surface area contributed by atoms with Crippen LogP contribution in [0.1, 0.15) is 33.3 Å². The molecule has 3 aromatic rings. The van der Waals surface area contributed by atoms with Gasteiger partial charge in [0.1, 0.15) is 11.3 Å². The number of hydrogen-bond donors (Lipinski definition) is 2. The molecule has 0 aliphatic carbocycles. The number of likely N-dealkylation sites (tertiary alicyclic amines) is 1. The molecule has 0 saturated carbocycles. The number of carbonyl (C=O) groups excluding carboxylic acids is 1. The molecule has 8 nitrogen and oxygen atoms in total. The maximum Gasteiger partial charge on any atom is 0.416 e. The van der Waals surface area contributed by atoms with Gasteiger partial charge in [0.05, 0.1) is 17.7 Å². The lowest BCUT2D eigenvalue weighted by Crippen LogP contribution is -2.48. The summed E-state index contributed by atoms with van der Waals surface area (Å²) in [5.74, 6) is 0.457. The molecule has 1 saturated heterocycles. The molecule has 172 valence electrons. The molecule has 5 rings (SSSR count). The molecule has 2 aliphatic heterocycles. The van der Waals surface area contributed by atoms with Crippen molar-refractivity contribution >= 4 is 23.1 Å². The summed E-state index contributed by atoms with van der Waals surface area (Å²) in [6, 6.07) is 7.39. The fourth-order valence-corrected chi connectivity index (χ4v) is 3.94. The monoisotopic (exact) mass is 458 g/mol. The SMILES string of the molecule is Cc1ccc(C2N=C(C3CN(C)C3)ON2)cc1NC(=O)c1cnc2cc(C(F)(F)F)ccn12. The number of halogens is 3. The number of nitrogens with zero attached hydrogens (tertiary/aromatic N) is 4. The maximum atomic E-state index is 12.9. The highest BCUT2D eigenvalue weighted by Gasteiger charge is 2.34. The smallest absolute Gasteiger partial charge is 0.391 e. The van der Waals surface area contributed by atoms with Gasteiger partial charge in [-0.15, -0.1) is 5.48 Å². The second-order valence-corrected chi connectivity index (χ2v) is 8.32. The second-order valence-electron chi connectivity index (χ2n) is 8.32. The Hall–Kier alpha value is -3.44. The summed E-state index contributed by atoms with van der Waals surface area (Å²) < 4.78 is 40.2. The van der Waals surface area contributed by atoms with Crippen LogP contribution < -0.4 is 10.8 Å². The van der Waals surface area contributed by atoms with Gasteiger partial charge in [0, 0.05) is 25.0 Å². The molecule has 1 amide bonds. The first-order chi connectivity index (χ1) is 15.7. The Morgan fingerprint density at radius 2 is 2.03 bits per heavy atom. The highest BCUT2D eigenvalue weighted by atomic mass is 19.4. The minimum atomic E-state index is -4.48. The Morgan fingerprint density at radius 1 is 1.24 bits per heavy atom. The van der Waals surface area contributed by atoms with Crippen LogP contribution in [-0.2, 0) is 11.0 Å². The van der Waals surface area contributed by atoms with Crippen molar-refractivity contribution < 1.29 is 22.8 Å². The van der Waals surface area contributed by atoms with Crippen molar-refractivity contribution in [2.75, 3.05) is 25.5 Å². The van der Waals surface area contributed by atoms with Gasteiger partial charge in [-0.25, -0.2) is 9.98 Å². The molecule has 2 N–H and O–H groups in total. The molecule has 1 fully saturated rings. The van der Waals surface area contributed by atoms with Crippen LogP contribution in [0.5, 0.6) is 0 Å². The Morgan fingerprint density at radius 3 is 2.76 bits per heavy atom. The molecule has 0 spiro atoms. The first-order valence-electron chi connectivity index (χ1n) is 10.3. The number of benzene rings is 1. The summed E-state index contributed by atoms with van der Waals surface area (Å²) in [6.45, 7) is 3.64. The molecule has 2 aromatic heterocycles. The van der Waals surface area contributed by atoms with Gasteiger partial charge in [0.25, 0.3) is 5.91 Å². The number of anilines is 1. The van der Waals surface area contributed by atoms with E-state index < -0.39 is 23.8 Å². The van der Waals surface area contributed by atoms with E-state index in [2.05, 4.69) is 25.7 Å². The minimum absolute atomic E-state index is 0.0382. The van der Waals surface area contributed by atoms with Crippen molar-refractivity contribution in [3.8, 4) is 0 Å². The lowest BCUT2D eigenvalue weighted by Gasteiger charge is -2.34.